The zero-order valence-electron chi connectivity index (χ0n) is 11.4. The predicted molar refractivity (Wildman–Crippen MR) is 75.5 cm³/mol. The minimum atomic E-state index is -0.933. The quantitative estimate of drug-likeness (QED) is 0.749. The van der Waals surface area contributed by atoms with Gasteiger partial charge in [0.25, 0.3) is 0 Å². The fourth-order valence-electron chi connectivity index (χ4n) is 1.77. The Labute approximate surface area is 117 Å². The molecule has 3 N–H and O–H groups in total. The van der Waals surface area contributed by atoms with Crippen molar-refractivity contribution >= 4 is 23.3 Å². The Morgan fingerprint density at radius 1 is 1.47 bits per heavy atom. The molecule has 0 aromatic carbocycles. The minimum Gasteiger partial charge on any atom is -0.481 e. The van der Waals surface area contributed by atoms with Crippen molar-refractivity contribution in [1.29, 1.82) is 0 Å². The lowest BCUT2D eigenvalue weighted by atomic mass is 10.0. The zero-order valence-corrected chi connectivity index (χ0v) is 12.2. The van der Waals surface area contributed by atoms with Crippen LogP contribution in [0.1, 0.15) is 32.1 Å². The lowest BCUT2D eigenvalue weighted by Crippen LogP contribution is -2.51. The summed E-state index contributed by atoms with van der Waals surface area (Å²) in [4.78, 5) is 23.6. The van der Waals surface area contributed by atoms with Gasteiger partial charge in [-0.25, -0.2) is 4.79 Å². The largest absolute Gasteiger partial charge is 0.481 e. The Morgan fingerprint density at radius 3 is 2.68 bits per heavy atom. The summed E-state index contributed by atoms with van der Waals surface area (Å²) < 4.78 is 0. The van der Waals surface area contributed by atoms with Gasteiger partial charge in [0.05, 0.1) is 6.42 Å². The Balaban J connectivity index is 2.40. The molecule has 1 aromatic rings. The van der Waals surface area contributed by atoms with Gasteiger partial charge in [-0.3, -0.25) is 4.79 Å². The summed E-state index contributed by atoms with van der Waals surface area (Å²) in [6.45, 7) is 5.29. The first-order valence-corrected chi connectivity index (χ1v) is 6.99. The van der Waals surface area contributed by atoms with Crippen molar-refractivity contribution in [3.63, 3.8) is 0 Å². The van der Waals surface area contributed by atoms with Gasteiger partial charge < -0.3 is 15.7 Å². The Bertz CT molecular complexity index is 429. The second kappa shape index (κ2) is 6.56. The topological polar surface area (TPSA) is 78.4 Å². The maximum absolute atomic E-state index is 11.8. The molecule has 1 unspecified atom stereocenters. The van der Waals surface area contributed by atoms with E-state index in [0.717, 1.165) is 6.42 Å². The zero-order chi connectivity index (χ0) is 14.5. The molecule has 0 spiro atoms. The Morgan fingerprint density at radius 2 is 2.16 bits per heavy atom. The summed E-state index contributed by atoms with van der Waals surface area (Å²) in [7, 11) is 0. The van der Waals surface area contributed by atoms with Crippen LogP contribution in [0.15, 0.2) is 17.5 Å². The van der Waals surface area contributed by atoms with Crippen molar-refractivity contribution in [2.24, 2.45) is 0 Å². The SMILES string of the molecule is CC(Cc1cccs1)NC(=O)NC(C)(C)CC(=O)O. The molecule has 2 amide bonds. The van der Waals surface area contributed by atoms with Crippen LogP contribution in [-0.4, -0.2) is 28.7 Å². The average molecular weight is 284 g/mol. The molecule has 1 aromatic heterocycles. The molecular formula is C13H20N2O3S. The van der Waals surface area contributed by atoms with Gasteiger partial charge in [0, 0.05) is 22.9 Å². The lowest BCUT2D eigenvalue weighted by Gasteiger charge is -2.25. The molecule has 0 aliphatic rings. The molecular weight excluding hydrogens is 264 g/mol. The van der Waals surface area contributed by atoms with Gasteiger partial charge >= 0.3 is 12.0 Å². The molecule has 5 nitrogen and oxygen atoms in total. The highest BCUT2D eigenvalue weighted by Gasteiger charge is 2.24. The monoisotopic (exact) mass is 284 g/mol. The number of hydrogen-bond donors (Lipinski definition) is 3. The smallest absolute Gasteiger partial charge is 0.315 e. The van der Waals surface area contributed by atoms with Crippen LogP contribution in [0.25, 0.3) is 0 Å². The van der Waals surface area contributed by atoms with E-state index in [4.69, 9.17) is 5.11 Å². The minimum absolute atomic E-state index is 0.000668. The number of aliphatic carboxylic acids is 1. The normalized spacial score (nSPS) is 12.8. The van der Waals surface area contributed by atoms with Crippen molar-refractivity contribution < 1.29 is 14.7 Å². The van der Waals surface area contributed by atoms with Crippen molar-refractivity contribution in [2.75, 3.05) is 0 Å². The molecule has 19 heavy (non-hydrogen) atoms. The molecule has 6 heteroatoms. The van der Waals surface area contributed by atoms with Crippen LogP contribution >= 0.6 is 11.3 Å². The number of carbonyl (C=O) groups is 2. The van der Waals surface area contributed by atoms with E-state index >= 15 is 0 Å². The van der Waals surface area contributed by atoms with Gasteiger partial charge in [-0.15, -0.1) is 11.3 Å². The second-order valence-corrected chi connectivity index (χ2v) is 6.27. The van der Waals surface area contributed by atoms with E-state index in [9.17, 15) is 9.59 Å². The highest BCUT2D eigenvalue weighted by molar-refractivity contribution is 7.09. The number of urea groups is 1. The van der Waals surface area contributed by atoms with Gasteiger partial charge in [-0.05, 0) is 32.2 Å². The van der Waals surface area contributed by atoms with Crippen LogP contribution in [0.3, 0.4) is 0 Å². The number of amides is 2. The third-order valence-corrected chi connectivity index (χ3v) is 3.41. The number of thiophene rings is 1. The van der Waals surface area contributed by atoms with E-state index in [2.05, 4.69) is 10.6 Å². The molecule has 0 fully saturated rings. The summed E-state index contributed by atoms with van der Waals surface area (Å²) in [6.07, 6.45) is 0.657. The highest BCUT2D eigenvalue weighted by atomic mass is 32.1. The molecule has 106 valence electrons. The second-order valence-electron chi connectivity index (χ2n) is 5.24. The number of nitrogens with one attached hydrogen (secondary N) is 2. The standard InChI is InChI=1S/C13H20N2O3S/c1-9(7-10-5-4-6-19-10)14-12(18)15-13(2,3)8-11(16)17/h4-6,9H,7-8H2,1-3H3,(H,16,17)(H2,14,15,18). The molecule has 0 bridgehead atoms. The van der Waals surface area contributed by atoms with Crippen LogP contribution in [0.2, 0.25) is 0 Å². The first-order valence-electron chi connectivity index (χ1n) is 6.11. The van der Waals surface area contributed by atoms with Gasteiger partial charge in [-0.1, -0.05) is 6.07 Å². The average Bonchev–Trinajstić information content (AvgIpc) is 2.65. The summed E-state index contributed by atoms with van der Waals surface area (Å²) in [5, 5.41) is 16.2. The van der Waals surface area contributed by atoms with E-state index in [1.54, 1.807) is 25.2 Å². The van der Waals surface area contributed by atoms with E-state index < -0.39 is 11.5 Å². The van der Waals surface area contributed by atoms with Crippen molar-refractivity contribution in [1.82, 2.24) is 10.6 Å². The van der Waals surface area contributed by atoms with Gasteiger partial charge in [0.15, 0.2) is 0 Å². The number of hydrogen-bond acceptors (Lipinski definition) is 3. The van der Waals surface area contributed by atoms with Crippen molar-refractivity contribution in [3.05, 3.63) is 22.4 Å². The molecule has 0 aliphatic heterocycles. The maximum atomic E-state index is 11.8. The van der Waals surface area contributed by atoms with Crippen LogP contribution in [0.4, 0.5) is 4.79 Å². The van der Waals surface area contributed by atoms with Crippen molar-refractivity contribution in [3.8, 4) is 0 Å². The van der Waals surface area contributed by atoms with Crippen LogP contribution in [-0.2, 0) is 11.2 Å². The van der Waals surface area contributed by atoms with E-state index in [0.29, 0.717) is 0 Å². The fourth-order valence-corrected chi connectivity index (χ4v) is 2.61. The summed E-state index contributed by atoms with van der Waals surface area (Å²) in [6, 6.07) is 3.66. The van der Waals surface area contributed by atoms with Crippen LogP contribution < -0.4 is 10.6 Å². The van der Waals surface area contributed by atoms with Gasteiger partial charge in [0.2, 0.25) is 0 Å². The molecule has 0 saturated carbocycles. The Kier molecular flexibility index (Phi) is 5.35. The Hall–Kier alpha value is -1.56. The predicted octanol–water partition coefficient (Wildman–Crippen LogP) is 2.23. The molecule has 0 saturated heterocycles. The summed E-state index contributed by atoms with van der Waals surface area (Å²) in [5.41, 5.74) is -0.765. The number of rotatable bonds is 6. The molecule has 0 aliphatic carbocycles. The molecule has 1 atom stereocenters. The van der Waals surface area contributed by atoms with Gasteiger partial charge in [-0.2, -0.15) is 0 Å². The van der Waals surface area contributed by atoms with E-state index in [-0.39, 0.29) is 18.5 Å². The maximum Gasteiger partial charge on any atom is 0.315 e. The fraction of sp³-hybridized carbons (Fsp3) is 0.538. The molecule has 1 rings (SSSR count). The first-order chi connectivity index (χ1) is 8.78. The van der Waals surface area contributed by atoms with Crippen LogP contribution in [0, 0.1) is 0 Å². The summed E-state index contributed by atoms with van der Waals surface area (Å²) >= 11 is 1.65. The van der Waals surface area contributed by atoms with Crippen LogP contribution in [0.5, 0.6) is 0 Å². The van der Waals surface area contributed by atoms with Crippen molar-refractivity contribution in [2.45, 2.75) is 45.2 Å². The number of carboxylic acid groups (broad SMARTS) is 1. The number of carbonyl (C=O) groups excluding carboxylic acids is 1. The van der Waals surface area contributed by atoms with E-state index in [1.165, 1.54) is 4.88 Å². The summed E-state index contributed by atoms with van der Waals surface area (Å²) in [5.74, 6) is -0.933. The third-order valence-electron chi connectivity index (χ3n) is 2.51. The highest BCUT2D eigenvalue weighted by Crippen LogP contribution is 2.11. The number of carboxylic acids is 1. The molecule has 0 radical (unpaired) electrons. The molecule has 1 heterocycles. The van der Waals surface area contributed by atoms with Gasteiger partial charge in [0.1, 0.15) is 0 Å². The third kappa shape index (κ3) is 6.24. The first kappa shape index (κ1) is 15.5. The van der Waals surface area contributed by atoms with E-state index in [1.807, 2.05) is 24.4 Å². The lowest BCUT2D eigenvalue weighted by molar-refractivity contribution is -0.138.